The fourth-order valence-electron chi connectivity index (χ4n) is 1.17. The van der Waals surface area contributed by atoms with Gasteiger partial charge >= 0.3 is 5.97 Å². The van der Waals surface area contributed by atoms with E-state index in [4.69, 9.17) is 0 Å². The van der Waals surface area contributed by atoms with Gasteiger partial charge in [0.2, 0.25) is 5.91 Å². The number of aliphatic hydroxyl groups is 1. The van der Waals surface area contributed by atoms with E-state index in [2.05, 4.69) is 10.1 Å². The lowest BCUT2D eigenvalue weighted by molar-refractivity contribution is -0.148. The van der Waals surface area contributed by atoms with Crippen LogP contribution in [0.3, 0.4) is 0 Å². The second-order valence-corrected chi connectivity index (χ2v) is 4.44. The molecule has 0 saturated heterocycles. The van der Waals surface area contributed by atoms with Crippen molar-refractivity contribution in [3.8, 4) is 0 Å². The molecule has 5 heteroatoms. The van der Waals surface area contributed by atoms with Gasteiger partial charge in [0.25, 0.3) is 0 Å². The van der Waals surface area contributed by atoms with Gasteiger partial charge in [-0.05, 0) is 11.8 Å². The first kappa shape index (κ1) is 14.9. The minimum atomic E-state index is -1.11. The Balaban J connectivity index is 4.53. The minimum Gasteiger partial charge on any atom is -0.467 e. The summed E-state index contributed by atoms with van der Waals surface area (Å²) >= 11 is 0. The molecule has 0 fully saturated rings. The smallest absolute Gasteiger partial charge is 0.328 e. The molecule has 0 heterocycles. The van der Waals surface area contributed by atoms with Gasteiger partial charge in [-0.3, -0.25) is 4.79 Å². The summed E-state index contributed by atoms with van der Waals surface area (Å²) in [6.07, 6.45) is -1.11. The maximum atomic E-state index is 11.6. The summed E-state index contributed by atoms with van der Waals surface area (Å²) in [5.41, 5.74) is 0. The quantitative estimate of drug-likeness (QED) is 0.668. The number of carbonyl (C=O) groups excluding carboxylic acids is 2. The zero-order valence-corrected chi connectivity index (χ0v) is 10.5. The summed E-state index contributed by atoms with van der Waals surface area (Å²) in [7, 11) is 1.27. The van der Waals surface area contributed by atoms with Crippen LogP contribution in [0.1, 0.15) is 27.7 Å². The van der Waals surface area contributed by atoms with Gasteiger partial charge in [0, 0.05) is 0 Å². The highest BCUT2D eigenvalue weighted by Gasteiger charge is 2.28. The molecule has 0 aliphatic rings. The minimum absolute atomic E-state index is 0.0873. The van der Waals surface area contributed by atoms with Crippen LogP contribution in [-0.2, 0) is 14.3 Å². The van der Waals surface area contributed by atoms with Crippen LogP contribution < -0.4 is 5.32 Å². The molecule has 0 bridgehead atoms. The van der Waals surface area contributed by atoms with Crippen LogP contribution in [0.4, 0.5) is 0 Å². The number of hydrogen-bond donors (Lipinski definition) is 2. The van der Waals surface area contributed by atoms with E-state index in [0.29, 0.717) is 0 Å². The molecule has 2 N–H and O–H groups in total. The monoisotopic (exact) mass is 231 g/mol. The predicted octanol–water partition coefficient (Wildman–Crippen LogP) is 0.317. The van der Waals surface area contributed by atoms with E-state index in [9.17, 15) is 14.7 Å². The van der Waals surface area contributed by atoms with E-state index in [1.807, 2.05) is 0 Å². The molecule has 0 saturated carbocycles. The molecule has 0 aromatic carbocycles. The maximum Gasteiger partial charge on any atom is 0.328 e. The first-order valence-electron chi connectivity index (χ1n) is 5.37. The zero-order valence-electron chi connectivity index (χ0n) is 10.5. The Labute approximate surface area is 96.2 Å². The van der Waals surface area contributed by atoms with Crippen molar-refractivity contribution in [2.24, 2.45) is 11.8 Å². The van der Waals surface area contributed by atoms with Gasteiger partial charge in [-0.25, -0.2) is 4.79 Å². The topological polar surface area (TPSA) is 75.6 Å². The molecule has 0 radical (unpaired) electrons. The van der Waals surface area contributed by atoms with E-state index < -0.39 is 24.0 Å². The van der Waals surface area contributed by atoms with E-state index in [-0.39, 0.29) is 11.8 Å². The second-order valence-electron chi connectivity index (χ2n) is 4.44. The number of esters is 1. The number of carbonyl (C=O) groups is 2. The Hall–Kier alpha value is -1.10. The number of rotatable bonds is 5. The lowest BCUT2D eigenvalue weighted by Crippen LogP contribution is -2.49. The molecular weight excluding hydrogens is 210 g/mol. The normalized spacial score (nSPS) is 14.8. The number of aliphatic hydroxyl groups excluding tert-OH is 1. The third-order valence-corrected chi connectivity index (χ3v) is 2.32. The Morgan fingerprint density at radius 3 is 1.94 bits per heavy atom. The van der Waals surface area contributed by atoms with Crippen LogP contribution >= 0.6 is 0 Å². The number of ether oxygens (including phenoxy) is 1. The van der Waals surface area contributed by atoms with Gasteiger partial charge in [-0.2, -0.15) is 0 Å². The molecule has 0 spiro atoms. The lowest BCUT2D eigenvalue weighted by atomic mass is 10.0. The summed E-state index contributed by atoms with van der Waals surface area (Å²) in [5.74, 6) is -1.32. The van der Waals surface area contributed by atoms with Gasteiger partial charge in [0.1, 0.15) is 12.1 Å². The molecule has 0 aromatic heterocycles. The fraction of sp³-hybridized carbons (Fsp3) is 0.818. The molecule has 0 aliphatic carbocycles. The van der Waals surface area contributed by atoms with Crippen LogP contribution in [-0.4, -0.2) is 36.2 Å². The molecule has 5 nitrogen and oxygen atoms in total. The van der Waals surface area contributed by atoms with Gasteiger partial charge in [0.15, 0.2) is 0 Å². The number of amides is 1. The first-order chi connectivity index (χ1) is 7.31. The van der Waals surface area contributed by atoms with Crippen LogP contribution in [0.2, 0.25) is 0 Å². The average Bonchev–Trinajstić information content (AvgIpc) is 2.22. The van der Waals surface area contributed by atoms with E-state index in [1.54, 1.807) is 27.7 Å². The summed E-state index contributed by atoms with van der Waals surface area (Å²) < 4.78 is 4.58. The fourth-order valence-corrected chi connectivity index (χ4v) is 1.17. The molecule has 16 heavy (non-hydrogen) atoms. The van der Waals surface area contributed by atoms with E-state index in [1.165, 1.54) is 7.11 Å². The molecule has 2 atom stereocenters. The highest BCUT2D eigenvalue weighted by Crippen LogP contribution is 2.06. The van der Waals surface area contributed by atoms with Gasteiger partial charge in [-0.1, -0.05) is 27.7 Å². The molecule has 0 aromatic rings. The summed E-state index contributed by atoms with van der Waals surface area (Å²) in [4.78, 5) is 22.9. The van der Waals surface area contributed by atoms with Crippen LogP contribution in [0.15, 0.2) is 0 Å². The Morgan fingerprint density at radius 1 is 1.12 bits per heavy atom. The molecule has 0 rings (SSSR count). The third kappa shape index (κ3) is 4.18. The van der Waals surface area contributed by atoms with E-state index in [0.717, 1.165) is 0 Å². The highest BCUT2D eigenvalue weighted by atomic mass is 16.5. The van der Waals surface area contributed by atoms with Crippen LogP contribution in [0.25, 0.3) is 0 Å². The standard InChI is InChI=1S/C11H21NO4/c1-6(2)8(11(15)16-5)12-10(14)9(13)7(3)4/h6-9,13H,1-5H3,(H,12,14). The van der Waals surface area contributed by atoms with Gasteiger partial charge < -0.3 is 15.2 Å². The lowest BCUT2D eigenvalue weighted by Gasteiger charge is -2.22. The average molecular weight is 231 g/mol. The number of methoxy groups -OCH3 is 1. The van der Waals surface area contributed by atoms with Crippen molar-refractivity contribution in [3.05, 3.63) is 0 Å². The van der Waals surface area contributed by atoms with Crippen molar-refractivity contribution >= 4 is 11.9 Å². The summed E-state index contributed by atoms with van der Waals surface area (Å²) in [5, 5.41) is 12.0. The molecular formula is C11H21NO4. The van der Waals surface area contributed by atoms with Crippen molar-refractivity contribution in [1.82, 2.24) is 5.32 Å². The SMILES string of the molecule is COC(=O)C(NC(=O)C(O)C(C)C)C(C)C. The summed E-state index contributed by atoms with van der Waals surface area (Å²) in [6.45, 7) is 7.05. The summed E-state index contributed by atoms with van der Waals surface area (Å²) in [6, 6.07) is -0.717. The number of hydrogen-bond acceptors (Lipinski definition) is 4. The highest BCUT2D eigenvalue weighted by molar-refractivity contribution is 5.87. The predicted molar refractivity (Wildman–Crippen MR) is 59.6 cm³/mol. The Morgan fingerprint density at radius 2 is 1.62 bits per heavy atom. The van der Waals surface area contributed by atoms with E-state index >= 15 is 0 Å². The van der Waals surface area contributed by atoms with Gasteiger partial charge in [-0.15, -0.1) is 0 Å². The van der Waals surface area contributed by atoms with Crippen molar-refractivity contribution in [1.29, 1.82) is 0 Å². The first-order valence-corrected chi connectivity index (χ1v) is 5.37. The maximum absolute atomic E-state index is 11.6. The second kappa shape index (κ2) is 6.48. The Bertz CT molecular complexity index is 250. The molecule has 1 amide bonds. The van der Waals surface area contributed by atoms with Gasteiger partial charge in [0.05, 0.1) is 7.11 Å². The van der Waals surface area contributed by atoms with Crippen molar-refractivity contribution in [2.45, 2.75) is 39.8 Å². The van der Waals surface area contributed by atoms with Crippen molar-refractivity contribution < 1.29 is 19.4 Å². The zero-order chi connectivity index (χ0) is 12.9. The Kier molecular flexibility index (Phi) is 6.03. The van der Waals surface area contributed by atoms with Crippen LogP contribution in [0.5, 0.6) is 0 Å². The molecule has 94 valence electrons. The van der Waals surface area contributed by atoms with Crippen molar-refractivity contribution in [3.63, 3.8) is 0 Å². The van der Waals surface area contributed by atoms with Crippen molar-refractivity contribution in [2.75, 3.05) is 7.11 Å². The molecule has 0 aliphatic heterocycles. The largest absolute Gasteiger partial charge is 0.467 e. The molecule has 2 unspecified atom stereocenters. The number of nitrogens with one attached hydrogen (secondary N) is 1. The van der Waals surface area contributed by atoms with Crippen LogP contribution in [0, 0.1) is 11.8 Å². The third-order valence-electron chi connectivity index (χ3n) is 2.32.